The Bertz CT molecular complexity index is 3270. The van der Waals surface area contributed by atoms with E-state index in [4.69, 9.17) is 8.83 Å². The molecule has 11 rings (SSSR count). The molecule has 2 aromatic heterocycles. The topological polar surface area (TPSA) is 32.8 Å². The van der Waals surface area contributed by atoms with Crippen molar-refractivity contribution in [1.82, 2.24) is 0 Å². The van der Waals surface area contributed by atoms with Gasteiger partial charge < -0.3 is 18.6 Å². The number of anilines is 6. The number of fused-ring (bicyclic) bond motifs is 8. The Kier molecular flexibility index (Phi) is 8.15. The van der Waals surface area contributed by atoms with Crippen LogP contribution in [0.5, 0.6) is 0 Å². The van der Waals surface area contributed by atoms with E-state index in [0.717, 1.165) is 77.4 Å². The van der Waals surface area contributed by atoms with Gasteiger partial charge in [0, 0.05) is 61.7 Å². The first kappa shape index (κ1) is 35.8. The van der Waals surface area contributed by atoms with E-state index >= 15 is 0 Å². The summed E-state index contributed by atoms with van der Waals surface area (Å²) in [5, 5.41) is 8.94. The lowest BCUT2D eigenvalue weighted by Gasteiger charge is -2.28. The smallest absolute Gasteiger partial charge is 0.139 e. The van der Waals surface area contributed by atoms with Gasteiger partial charge in [-0.25, -0.2) is 0 Å². The van der Waals surface area contributed by atoms with Crippen LogP contribution in [0.3, 0.4) is 0 Å². The highest BCUT2D eigenvalue weighted by molar-refractivity contribution is 6.18. The summed E-state index contributed by atoms with van der Waals surface area (Å²) in [5.74, 6) is 0. The lowest BCUT2D eigenvalue weighted by atomic mass is 10.0. The number of nitrogens with zero attached hydrogens (tertiary/aromatic N) is 2. The molecule has 290 valence electrons. The van der Waals surface area contributed by atoms with Crippen LogP contribution in [0.4, 0.5) is 34.1 Å². The Morgan fingerprint density at radius 2 is 0.650 bits per heavy atom. The second-order valence-corrected chi connectivity index (χ2v) is 16.7. The minimum absolute atomic E-state index is 0.817. The first-order valence-electron chi connectivity index (χ1n) is 20.7. The largest absolute Gasteiger partial charge is 0.456 e. The quantitative estimate of drug-likeness (QED) is 0.168. The summed E-state index contributed by atoms with van der Waals surface area (Å²) in [4.78, 5) is 4.72. The van der Waals surface area contributed by atoms with Crippen molar-refractivity contribution in [3.8, 4) is 0 Å². The lowest BCUT2D eigenvalue weighted by Crippen LogP contribution is -2.11. The van der Waals surface area contributed by atoms with E-state index in [2.05, 4.69) is 209 Å². The molecule has 0 aliphatic rings. The average molecular weight is 777 g/mol. The summed E-state index contributed by atoms with van der Waals surface area (Å²) >= 11 is 0. The van der Waals surface area contributed by atoms with Crippen LogP contribution in [-0.4, -0.2) is 0 Å². The van der Waals surface area contributed by atoms with Crippen LogP contribution in [0.1, 0.15) is 33.4 Å². The molecule has 4 heteroatoms. The molecule has 0 aliphatic heterocycles. The highest BCUT2D eigenvalue weighted by Crippen LogP contribution is 2.43. The summed E-state index contributed by atoms with van der Waals surface area (Å²) in [6, 6.07) is 57.6. The number of aryl methyl sites for hydroxylation is 6. The number of hydrogen-bond acceptors (Lipinski definition) is 4. The molecule has 4 nitrogen and oxygen atoms in total. The van der Waals surface area contributed by atoms with E-state index < -0.39 is 0 Å². The predicted molar refractivity (Wildman–Crippen MR) is 254 cm³/mol. The molecule has 0 bridgehead atoms. The van der Waals surface area contributed by atoms with Crippen molar-refractivity contribution >= 4 is 99.5 Å². The summed E-state index contributed by atoms with van der Waals surface area (Å²) in [6.45, 7) is 12.9. The van der Waals surface area contributed by atoms with Gasteiger partial charge in [0.05, 0.1) is 0 Å². The van der Waals surface area contributed by atoms with E-state index in [-0.39, 0.29) is 0 Å². The molecule has 9 aromatic carbocycles. The summed E-state index contributed by atoms with van der Waals surface area (Å²) in [7, 11) is 0. The fraction of sp³-hybridized carbons (Fsp3) is 0.107. The second kappa shape index (κ2) is 13.6. The molecule has 0 fully saturated rings. The second-order valence-electron chi connectivity index (χ2n) is 16.7. The van der Waals surface area contributed by atoms with Crippen LogP contribution < -0.4 is 9.80 Å². The molecule has 0 amide bonds. The van der Waals surface area contributed by atoms with Crippen molar-refractivity contribution in [2.24, 2.45) is 0 Å². The maximum Gasteiger partial charge on any atom is 0.139 e. The number of hydrogen-bond donors (Lipinski definition) is 0. The Hall–Kier alpha value is -7.30. The third-order valence-electron chi connectivity index (χ3n) is 12.3. The molecular formula is C56H44N2O2. The van der Waals surface area contributed by atoms with E-state index in [9.17, 15) is 0 Å². The molecule has 0 saturated heterocycles. The zero-order valence-corrected chi connectivity index (χ0v) is 34.7. The van der Waals surface area contributed by atoms with Gasteiger partial charge in [-0.2, -0.15) is 0 Å². The van der Waals surface area contributed by atoms with Crippen molar-refractivity contribution in [2.75, 3.05) is 9.80 Å². The van der Waals surface area contributed by atoms with E-state index in [1.54, 1.807) is 0 Å². The van der Waals surface area contributed by atoms with Crippen LogP contribution in [-0.2, 0) is 0 Å². The Labute approximate surface area is 349 Å². The number of furan rings is 2. The molecule has 0 radical (unpaired) electrons. The fourth-order valence-corrected chi connectivity index (χ4v) is 8.95. The Morgan fingerprint density at radius 3 is 1.08 bits per heavy atom. The van der Waals surface area contributed by atoms with E-state index in [1.807, 2.05) is 0 Å². The molecule has 60 heavy (non-hydrogen) atoms. The van der Waals surface area contributed by atoms with Gasteiger partial charge >= 0.3 is 0 Å². The third kappa shape index (κ3) is 5.98. The van der Waals surface area contributed by atoms with Gasteiger partial charge in [-0.05, 0) is 176 Å². The molecule has 0 aliphatic carbocycles. The highest BCUT2D eigenvalue weighted by atomic mass is 16.3. The van der Waals surface area contributed by atoms with E-state index in [1.165, 1.54) is 55.5 Å². The van der Waals surface area contributed by atoms with Crippen LogP contribution in [0.25, 0.3) is 65.4 Å². The third-order valence-corrected chi connectivity index (χ3v) is 12.3. The SMILES string of the molecule is Cc1ccc(N(c2ccc3cc4c(cc3c2)oc2cc3oc5cc6cc(N(c7ccc(C)cc7)c7cc(C)ccc7C)ccc6cc5c3cc24)c2cc(C)ccc2C)cc1. The zero-order valence-electron chi connectivity index (χ0n) is 34.7. The van der Waals surface area contributed by atoms with Crippen molar-refractivity contribution in [3.63, 3.8) is 0 Å². The van der Waals surface area contributed by atoms with Gasteiger partial charge in [-0.3, -0.25) is 0 Å². The molecule has 0 saturated carbocycles. The summed E-state index contributed by atoms with van der Waals surface area (Å²) in [5.41, 5.74) is 17.6. The summed E-state index contributed by atoms with van der Waals surface area (Å²) < 4.78 is 13.3. The van der Waals surface area contributed by atoms with Crippen molar-refractivity contribution in [1.29, 1.82) is 0 Å². The highest BCUT2D eigenvalue weighted by Gasteiger charge is 2.20. The Morgan fingerprint density at radius 1 is 0.283 bits per heavy atom. The summed E-state index contributed by atoms with van der Waals surface area (Å²) in [6.07, 6.45) is 0. The molecule has 0 unspecified atom stereocenters. The van der Waals surface area contributed by atoms with Crippen LogP contribution in [0, 0.1) is 41.5 Å². The molecule has 2 heterocycles. The minimum atomic E-state index is 0.817. The van der Waals surface area contributed by atoms with Gasteiger partial charge in [0.15, 0.2) is 0 Å². The van der Waals surface area contributed by atoms with Crippen LogP contribution >= 0.6 is 0 Å². The predicted octanol–water partition coefficient (Wildman–Crippen LogP) is 16.6. The van der Waals surface area contributed by atoms with Crippen LogP contribution in [0.15, 0.2) is 167 Å². The van der Waals surface area contributed by atoms with Gasteiger partial charge in [-0.1, -0.05) is 71.8 Å². The first-order valence-corrected chi connectivity index (χ1v) is 20.7. The van der Waals surface area contributed by atoms with Gasteiger partial charge in [0.2, 0.25) is 0 Å². The van der Waals surface area contributed by atoms with Gasteiger partial charge in [0.25, 0.3) is 0 Å². The molecular weight excluding hydrogens is 733 g/mol. The molecule has 0 atom stereocenters. The molecule has 0 spiro atoms. The first-order chi connectivity index (χ1) is 29.1. The maximum atomic E-state index is 6.63. The van der Waals surface area contributed by atoms with Crippen molar-refractivity contribution in [2.45, 2.75) is 41.5 Å². The molecule has 0 N–H and O–H groups in total. The fourth-order valence-electron chi connectivity index (χ4n) is 8.95. The van der Waals surface area contributed by atoms with Crippen molar-refractivity contribution < 1.29 is 8.83 Å². The number of rotatable bonds is 6. The number of benzene rings is 9. The normalized spacial score (nSPS) is 11.8. The van der Waals surface area contributed by atoms with Crippen molar-refractivity contribution in [3.05, 3.63) is 191 Å². The van der Waals surface area contributed by atoms with Crippen LogP contribution in [0.2, 0.25) is 0 Å². The van der Waals surface area contributed by atoms with E-state index in [0.29, 0.717) is 0 Å². The zero-order chi connectivity index (χ0) is 40.8. The van der Waals surface area contributed by atoms with Gasteiger partial charge in [0.1, 0.15) is 22.3 Å². The average Bonchev–Trinajstić information content (AvgIpc) is 3.77. The maximum absolute atomic E-state index is 6.63. The van der Waals surface area contributed by atoms with Gasteiger partial charge in [-0.15, -0.1) is 0 Å². The lowest BCUT2D eigenvalue weighted by molar-refractivity contribution is 0.656. The molecule has 11 aromatic rings. The Balaban J connectivity index is 1.01. The minimum Gasteiger partial charge on any atom is -0.456 e. The monoisotopic (exact) mass is 776 g/mol. The standard InChI is InChI=1S/C56H44N2O2/c1-33-9-17-43(18-10-33)57(51-23-35(3)7-13-37(51)5)45-21-15-39-27-47-49-31-50-48-28-40-16-22-46(58(44-19-11-34(2)12-20-44)52-24-36(4)8-14-38(52)6)26-42(40)30-54(48)60-56(50)32-55(49)59-53(47)29-41(39)25-45/h7-32H,1-6H3.